The summed E-state index contributed by atoms with van der Waals surface area (Å²) in [5.41, 5.74) is 4.60. The summed E-state index contributed by atoms with van der Waals surface area (Å²) < 4.78 is 0.520. The van der Waals surface area contributed by atoms with Gasteiger partial charge in [-0.05, 0) is 42.7 Å². The molecule has 0 spiro atoms. The first-order valence-corrected chi connectivity index (χ1v) is 7.41. The number of hydrogen-bond donors (Lipinski definition) is 2. The van der Waals surface area contributed by atoms with Crippen molar-refractivity contribution in [1.29, 1.82) is 0 Å². The zero-order chi connectivity index (χ0) is 16.6. The lowest BCUT2D eigenvalue weighted by Gasteiger charge is -2.25. The zero-order valence-corrected chi connectivity index (χ0v) is 14.0. The molecule has 0 saturated heterocycles. The summed E-state index contributed by atoms with van der Waals surface area (Å²) in [4.78, 5) is 11.4. The summed E-state index contributed by atoms with van der Waals surface area (Å²) in [6.07, 6.45) is 1.70. The molecule has 0 amide bonds. The second-order valence-corrected chi connectivity index (χ2v) is 6.81. The normalized spacial score (nSPS) is 12.5. The maximum atomic E-state index is 11.6. The number of hydrogen-bond acceptors (Lipinski definition) is 3. The van der Waals surface area contributed by atoms with Crippen LogP contribution >= 0.6 is 0 Å². The maximum Gasteiger partial charge on any atom is 0.246 e. The summed E-state index contributed by atoms with van der Waals surface area (Å²) in [6.45, 7) is 11.4. The van der Waals surface area contributed by atoms with E-state index in [4.69, 9.17) is 5.11 Å². The second kappa shape index (κ2) is 8.85. The van der Waals surface area contributed by atoms with Gasteiger partial charge in [0.2, 0.25) is 5.56 Å². The molecular formula is C16H30N2O3. The van der Waals surface area contributed by atoms with Crippen LogP contribution in [0, 0.1) is 23.5 Å². The summed E-state index contributed by atoms with van der Waals surface area (Å²) in [6, 6.07) is 3.19. The topological polar surface area (TPSA) is 92.9 Å². The average Bonchev–Trinajstić information content (AvgIpc) is 2.33. The molecule has 1 rings (SSSR count). The van der Waals surface area contributed by atoms with Crippen LogP contribution in [0.2, 0.25) is 0 Å². The van der Waals surface area contributed by atoms with E-state index >= 15 is 0 Å². The van der Waals surface area contributed by atoms with Gasteiger partial charge in [-0.25, -0.2) is 0 Å². The van der Waals surface area contributed by atoms with E-state index in [0.717, 1.165) is 12.0 Å². The SMILES string of the molecule is Cc1cc(CC(C)CC(C)(C)C)n([O-])c(=O)c1.[NH3+]CCO. The van der Waals surface area contributed by atoms with Crippen molar-refractivity contribution in [2.24, 2.45) is 11.3 Å². The van der Waals surface area contributed by atoms with Crippen LogP contribution in [-0.2, 0) is 6.42 Å². The van der Waals surface area contributed by atoms with Crippen LogP contribution in [-0.4, -0.2) is 23.0 Å². The van der Waals surface area contributed by atoms with E-state index in [-0.39, 0.29) is 12.0 Å². The fourth-order valence-corrected chi connectivity index (χ4v) is 2.37. The number of quaternary nitrogens is 1. The van der Waals surface area contributed by atoms with Gasteiger partial charge in [0.25, 0.3) is 0 Å². The number of aliphatic hydroxyl groups is 1. The first-order chi connectivity index (χ1) is 9.60. The highest BCUT2D eigenvalue weighted by Crippen LogP contribution is 2.26. The van der Waals surface area contributed by atoms with Crippen molar-refractivity contribution in [1.82, 2.24) is 4.73 Å². The fourth-order valence-electron chi connectivity index (χ4n) is 2.37. The Morgan fingerprint density at radius 2 is 1.90 bits per heavy atom. The van der Waals surface area contributed by atoms with Gasteiger partial charge in [-0.1, -0.05) is 27.7 Å². The molecule has 5 nitrogen and oxygen atoms in total. The van der Waals surface area contributed by atoms with E-state index in [1.807, 2.05) is 13.0 Å². The Morgan fingerprint density at radius 1 is 1.38 bits per heavy atom. The first-order valence-electron chi connectivity index (χ1n) is 7.41. The van der Waals surface area contributed by atoms with Crippen LogP contribution in [0.25, 0.3) is 0 Å². The third-order valence-electron chi connectivity index (χ3n) is 2.88. The van der Waals surface area contributed by atoms with Crippen molar-refractivity contribution in [3.05, 3.63) is 39.0 Å². The van der Waals surface area contributed by atoms with Crippen LogP contribution in [0.1, 0.15) is 45.4 Å². The Hall–Kier alpha value is -1.33. The molecule has 1 aromatic heterocycles. The lowest BCUT2D eigenvalue weighted by molar-refractivity contribution is -0.372. The molecule has 5 heteroatoms. The molecule has 0 bridgehead atoms. The third kappa shape index (κ3) is 8.52. The monoisotopic (exact) mass is 298 g/mol. The van der Waals surface area contributed by atoms with Gasteiger partial charge in [0.15, 0.2) is 0 Å². The number of rotatable bonds is 4. The predicted molar refractivity (Wildman–Crippen MR) is 86.0 cm³/mol. The Morgan fingerprint density at radius 3 is 2.33 bits per heavy atom. The quantitative estimate of drug-likeness (QED) is 0.878. The molecule has 0 aliphatic rings. The Labute approximate surface area is 127 Å². The molecule has 1 unspecified atom stereocenters. The molecule has 0 aromatic carbocycles. The fraction of sp³-hybridized carbons (Fsp3) is 0.688. The molecule has 1 aromatic rings. The highest BCUT2D eigenvalue weighted by atomic mass is 16.5. The third-order valence-corrected chi connectivity index (χ3v) is 2.88. The molecule has 21 heavy (non-hydrogen) atoms. The van der Waals surface area contributed by atoms with Crippen LogP contribution in [0.15, 0.2) is 16.9 Å². The van der Waals surface area contributed by atoms with Gasteiger partial charge in [0.1, 0.15) is 0 Å². The van der Waals surface area contributed by atoms with Crippen LogP contribution in [0.3, 0.4) is 0 Å². The molecule has 0 fully saturated rings. The molecule has 0 radical (unpaired) electrons. The molecule has 1 atom stereocenters. The number of pyridine rings is 1. The van der Waals surface area contributed by atoms with E-state index < -0.39 is 5.56 Å². The van der Waals surface area contributed by atoms with Crippen molar-refractivity contribution in [3.63, 3.8) is 0 Å². The standard InChI is InChI=1S/C14H22NO2.C2H7NO/c1-10-6-12(15(17)13(16)8-10)7-11(2)9-14(3,4)5;3-1-2-4/h6,8,11H,7,9H2,1-5H3;4H,1-3H2/q-1;/p+1. The minimum Gasteiger partial charge on any atom is -0.803 e. The van der Waals surface area contributed by atoms with Crippen LogP contribution in [0.5, 0.6) is 0 Å². The van der Waals surface area contributed by atoms with E-state index in [0.29, 0.717) is 29.3 Å². The molecule has 4 N–H and O–H groups in total. The first kappa shape index (κ1) is 19.7. The van der Waals surface area contributed by atoms with Gasteiger partial charge < -0.3 is 20.8 Å². The number of aryl methyl sites for hydroxylation is 1. The van der Waals surface area contributed by atoms with Crippen LogP contribution in [0.4, 0.5) is 0 Å². The minimum atomic E-state index is -0.456. The van der Waals surface area contributed by atoms with E-state index in [1.165, 1.54) is 6.07 Å². The van der Waals surface area contributed by atoms with E-state index in [1.54, 1.807) is 0 Å². The lowest BCUT2D eigenvalue weighted by atomic mass is 9.83. The van der Waals surface area contributed by atoms with Crippen molar-refractivity contribution < 1.29 is 10.8 Å². The van der Waals surface area contributed by atoms with Crippen molar-refractivity contribution in [3.8, 4) is 0 Å². The highest BCUT2D eigenvalue weighted by Gasteiger charge is 2.16. The molecule has 1 heterocycles. The van der Waals surface area contributed by atoms with Crippen molar-refractivity contribution in [2.45, 2.75) is 47.5 Å². The molecule has 0 aliphatic heterocycles. The van der Waals surface area contributed by atoms with Gasteiger partial charge in [-0.2, -0.15) is 0 Å². The van der Waals surface area contributed by atoms with Gasteiger partial charge in [-0.15, -0.1) is 0 Å². The summed E-state index contributed by atoms with van der Waals surface area (Å²) >= 11 is 0. The Bertz CT molecular complexity index is 473. The summed E-state index contributed by atoms with van der Waals surface area (Å²) in [5.74, 6) is 0.399. The van der Waals surface area contributed by atoms with Gasteiger partial charge in [0.05, 0.1) is 13.2 Å². The predicted octanol–water partition coefficient (Wildman–Crippen LogP) is 1.34. The molecular weight excluding hydrogens is 268 g/mol. The lowest BCUT2D eigenvalue weighted by Crippen LogP contribution is -2.51. The van der Waals surface area contributed by atoms with Gasteiger partial charge >= 0.3 is 0 Å². The van der Waals surface area contributed by atoms with Crippen molar-refractivity contribution >= 4 is 0 Å². The van der Waals surface area contributed by atoms with Crippen molar-refractivity contribution in [2.75, 3.05) is 13.2 Å². The smallest absolute Gasteiger partial charge is 0.246 e. The van der Waals surface area contributed by atoms with E-state index in [2.05, 4.69) is 33.4 Å². The molecule has 0 aliphatic carbocycles. The highest BCUT2D eigenvalue weighted by molar-refractivity contribution is 5.17. The number of nitrogens with zero attached hydrogens (tertiary/aromatic N) is 1. The maximum absolute atomic E-state index is 11.6. The van der Waals surface area contributed by atoms with Crippen LogP contribution < -0.4 is 11.3 Å². The average molecular weight is 298 g/mol. The molecule has 0 saturated carbocycles. The summed E-state index contributed by atoms with van der Waals surface area (Å²) in [7, 11) is 0. The minimum absolute atomic E-state index is 0.208. The Balaban J connectivity index is 0.000000885. The zero-order valence-electron chi connectivity index (χ0n) is 14.0. The largest absolute Gasteiger partial charge is 0.803 e. The van der Waals surface area contributed by atoms with E-state index in [9.17, 15) is 10.0 Å². The van der Waals surface area contributed by atoms with Gasteiger partial charge in [-0.3, -0.25) is 4.79 Å². The number of aromatic nitrogens is 1. The second-order valence-electron chi connectivity index (χ2n) is 6.81. The molecule has 122 valence electrons. The van der Waals surface area contributed by atoms with Gasteiger partial charge in [0, 0.05) is 11.8 Å². The Kier molecular flexibility index (Phi) is 8.29. The summed E-state index contributed by atoms with van der Waals surface area (Å²) in [5, 5.41) is 19.4. The number of aliphatic hydroxyl groups excluding tert-OH is 1.